The summed E-state index contributed by atoms with van der Waals surface area (Å²) in [4.78, 5) is 0. The number of methoxy groups -OCH3 is 1. The first-order chi connectivity index (χ1) is 14.9. The summed E-state index contributed by atoms with van der Waals surface area (Å²) < 4.78 is 42.4. The molecule has 8 heteroatoms. The zero-order chi connectivity index (χ0) is 23.7. The van der Waals surface area contributed by atoms with E-state index in [9.17, 15) is 8.42 Å². The molecule has 0 heterocycles. The van der Waals surface area contributed by atoms with Gasteiger partial charge in [0.2, 0.25) is 10.0 Å². The van der Waals surface area contributed by atoms with E-state index in [1.54, 1.807) is 7.11 Å². The van der Waals surface area contributed by atoms with Crippen LogP contribution in [0.4, 0.5) is 0 Å². The molecule has 2 aliphatic carbocycles. The van der Waals surface area contributed by atoms with Crippen molar-refractivity contribution in [2.24, 2.45) is 11.3 Å². The summed E-state index contributed by atoms with van der Waals surface area (Å²) in [5.74, 6) is 0.931. The third kappa shape index (κ3) is 5.69. The van der Waals surface area contributed by atoms with Crippen LogP contribution in [0, 0.1) is 11.3 Å². The van der Waals surface area contributed by atoms with Gasteiger partial charge in [-0.05, 0) is 61.9 Å². The molecule has 1 saturated carbocycles. The van der Waals surface area contributed by atoms with E-state index >= 15 is 0 Å². The van der Waals surface area contributed by atoms with Crippen molar-refractivity contribution in [1.29, 1.82) is 0 Å². The molecule has 0 bridgehead atoms. The van der Waals surface area contributed by atoms with E-state index in [1.807, 2.05) is 13.0 Å². The van der Waals surface area contributed by atoms with Gasteiger partial charge in [0.05, 0.1) is 30.3 Å². The van der Waals surface area contributed by atoms with Gasteiger partial charge in [0.25, 0.3) is 0 Å². The number of benzene rings is 1. The lowest BCUT2D eigenvalue weighted by Crippen LogP contribution is -2.49. The van der Waals surface area contributed by atoms with Gasteiger partial charge in [-0.1, -0.05) is 48.2 Å². The standard InChI is InChI=1S/C24H38BrNO4SSi/c1-7-30-17(2)22-15-20(29-3)10-11-24(22)16-18-8-9-19(25)14-21(18)23(24)26-31(27,28)12-13-32(4,5)6/h8-9,14,20,22-23,26H,2,7,10-13,15-16H2,1,3-6H3. The number of rotatable bonds is 9. The Kier molecular flexibility index (Phi) is 8.03. The van der Waals surface area contributed by atoms with Crippen LogP contribution < -0.4 is 4.72 Å². The summed E-state index contributed by atoms with van der Waals surface area (Å²) in [6.45, 7) is 13.4. The first-order valence-corrected chi connectivity index (χ1v) is 17.7. The van der Waals surface area contributed by atoms with Crippen LogP contribution in [0.3, 0.4) is 0 Å². The van der Waals surface area contributed by atoms with E-state index in [1.165, 1.54) is 5.56 Å². The first kappa shape index (κ1) is 25.9. The summed E-state index contributed by atoms with van der Waals surface area (Å²) in [5, 5.41) is 0. The lowest BCUT2D eigenvalue weighted by molar-refractivity contribution is -0.0320. The van der Waals surface area contributed by atoms with Gasteiger partial charge >= 0.3 is 0 Å². The fourth-order valence-corrected chi connectivity index (χ4v) is 10.1. The van der Waals surface area contributed by atoms with Gasteiger partial charge in [-0.2, -0.15) is 0 Å². The molecule has 1 aromatic carbocycles. The lowest BCUT2D eigenvalue weighted by atomic mass is 9.61. The average Bonchev–Trinajstić information content (AvgIpc) is 2.99. The molecule has 0 radical (unpaired) electrons. The molecule has 5 nitrogen and oxygen atoms in total. The van der Waals surface area contributed by atoms with Crippen molar-refractivity contribution in [3.8, 4) is 0 Å². The van der Waals surface area contributed by atoms with Crippen LogP contribution in [0.15, 0.2) is 35.0 Å². The maximum Gasteiger partial charge on any atom is 0.211 e. The normalized spacial score (nSPS) is 28.0. The second-order valence-corrected chi connectivity index (χ2v) is 18.9. The zero-order valence-corrected chi connectivity index (χ0v) is 23.4. The Hall–Kier alpha value is -0.673. The SMILES string of the molecule is C=C(OCC)C1CC(OC)CCC12Cc1ccc(Br)cc1C2NS(=O)(=O)CC[Si](C)(C)C. The Morgan fingerprint density at radius 3 is 2.69 bits per heavy atom. The van der Waals surface area contributed by atoms with Crippen molar-refractivity contribution < 1.29 is 17.9 Å². The van der Waals surface area contributed by atoms with Crippen LogP contribution in [-0.2, 0) is 25.9 Å². The molecule has 1 fully saturated rings. The van der Waals surface area contributed by atoms with E-state index in [4.69, 9.17) is 9.47 Å². The van der Waals surface area contributed by atoms with Crippen LogP contribution in [0.1, 0.15) is 43.4 Å². The Balaban J connectivity index is 2.03. The van der Waals surface area contributed by atoms with Gasteiger partial charge in [0.1, 0.15) is 0 Å². The molecular weight excluding hydrogens is 506 g/mol. The highest BCUT2D eigenvalue weighted by atomic mass is 79.9. The molecule has 32 heavy (non-hydrogen) atoms. The minimum absolute atomic E-state index is 0.0111. The number of sulfonamides is 1. The number of allylic oxidation sites excluding steroid dienone is 1. The van der Waals surface area contributed by atoms with Crippen molar-refractivity contribution in [2.75, 3.05) is 19.5 Å². The second-order valence-electron chi connectivity index (χ2n) is 10.5. The van der Waals surface area contributed by atoms with Crippen LogP contribution in [0.25, 0.3) is 0 Å². The molecular formula is C24H38BrNO4SSi. The van der Waals surface area contributed by atoms with Crippen LogP contribution in [-0.4, -0.2) is 42.1 Å². The smallest absolute Gasteiger partial charge is 0.211 e. The van der Waals surface area contributed by atoms with Gasteiger partial charge in [0, 0.05) is 31.0 Å². The number of hydrogen-bond acceptors (Lipinski definition) is 4. The van der Waals surface area contributed by atoms with Gasteiger partial charge in [-0.25, -0.2) is 13.1 Å². The number of ether oxygens (including phenoxy) is 2. The maximum absolute atomic E-state index is 13.3. The third-order valence-corrected chi connectivity index (χ3v) is 11.0. The number of nitrogens with one attached hydrogen (secondary N) is 1. The summed E-state index contributed by atoms with van der Waals surface area (Å²) in [6, 6.07) is 6.69. The summed E-state index contributed by atoms with van der Waals surface area (Å²) in [7, 11) is -3.18. The molecule has 1 N–H and O–H groups in total. The molecule has 0 saturated heterocycles. The van der Waals surface area contributed by atoms with Gasteiger partial charge in [-0.3, -0.25) is 0 Å². The van der Waals surface area contributed by atoms with Crippen molar-refractivity contribution >= 4 is 34.0 Å². The lowest BCUT2D eigenvalue weighted by Gasteiger charge is -2.48. The van der Waals surface area contributed by atoms with E-state index in [0.717, 1.165) is 47.5 Å². The molecule has 4 atom stereocenters. The summed E-state index contributed by atoms with van der Waals surface area (Å²) >= 11 is 3.60. The highest BCUT2D eigenvalue weighted by molar-refractivity contribution is 9.10. The third-order valence-electron chi connectivity index (χ3n) is 7.11. The fourth-order valence-electron chi connectivity index (χ4n) is 5.35. The largest absolute Gasteiger partial charge is 0.499 e. The molecule has 0 amide bonds. The van der Waals surface area contributed by atoms with Gasteiger partial charge < -0.3 is 9.47 Å². The zero-order valence-electron chi connectivity index (χ0n) is 20.0. The van der Waals surface area contributed by atoms with Crippen LogP contribution >= 0.6 is 15.9 Å². The molecule has 1 aromatic rings. The number of halogens is 1. The monoisotopic (exact) mass is 543 g/mol. The predicted octanol–water partition coefficient (Wildman–Crippen LogP) is 5.66. The molecule has 4 unspecified atom stereocenters. The summed E-state index contributed by atoms with van der Waals surface area (Å²) in [6.07, 6.45) is 3.48. The first-order valence-electron chi connectivity index (χ1n) is 11.5. The Labute approximate surface area is 203 Å². The van der Waals surface area contributed by atoms with E-state index in [2.05, 4.69) is 59.0 Å². The topological polar surface area (TPSA) is 64.6 Å². The molecule has 0 aliphatic heterocycles. The minimum Gasteiger partial charge on any atom is -0.499 e. The Morgan fingerprint density at radius 1 is 1.34 bits per heavy atom. The maximum atomic E-state index is 13.3. The van der Waals surface area contributed by atoms with Crippen molar-refractivity contribution in [3.05, 3.63) is 46.1 Å². The molecule has 2 aliphatic rings. The van der Waals surface area contributed by atoms with E-state index in [0.29, 0.717) is 6.61 Å². The minimum atomic E-state index is -3.44. The molecule has 180 valence electrons. The van der Waals surface area contributed by atoms with E-state index < -0.39 is 18.1 Å². The predicted molar refractivity (Wildman–Crippen MR) is 137 cm³/mol. The quantitative estimate of drug-likeness (QED) is 0.322. The molecule has 0 aromatic heterocycles. The van der Waals surface area contributed by atoms with Crippen molar-refractivity contribution in [3.63, 3.8) is 0 Å². The second kappa shape index (κ2) is 9.90. The van der Waals surface area contributed by atoms with Gasteiger partial charge in [0.15, 0.2) is 0 Å². The Bertz CT molecular complexity index is 946. The fraction of sp³-hybridized carbons (Fsp3) is 0.667. The van der Waals surface area contributed by atoms with Crippen LogP contribution in [0.2, 0.25) is 25.7 Å². The molecule has 1 spiro atoms. The van der Waals surface area contributed by atoms with Crippen LogP contribution in [0.5, 0.6) is 0 Å². The number of hydrogen-bond donors (Lipinski definition) is 1. The van der Waals surface area contributed by atoms with Crippen molar-refractivity contribution in [2.45, 2.75) is 70.4 Å². The Morgan fingerprint density at radius 2 is 2.06 bits per heavy atom. The van der Waals surface area contributed by atoms with Gasteiger partial charge in [-0.15, -0.1) is 0 Å². The van der Waals surface area contributed by atoms with E-state index in [-0.39, 0.29) is 29.2 Å². The number of fused-ring (bicyclic) bond motifs is 1. The van der Waals surface area contributed by atoms with Crippen molar-refractivity contribution in [1.82, 2.24) is 4.72 Å². The highest BCUT2D eigenvalue weighted by Crippen LogP contribution is 2.59. The summed E-state index contributed by atoms with van der Waals surface area (Å²) in [5.41, 5.74) is 1.97. The molecule has 3 rings (SSSR count). The highest BCUT2D eigenvalue weighted by Gasteiger charge is 2.55. The average molecular weight is 545 g/mol.